The van der Waals surface area contributed by atoms with E-state index >= 15 is 0 Å². The standard InChI is InChI=1S/C15H23N3O3/c19-12-15(7-2-3-8-15)17-14(21)16-9-5-11-18-10-4-1-6-13(18)20/h1,4,6,10,19H,2-3,5,7-9,11-12H2,(H2,16,17,21). The smallest absolute Gasteiger partial charge is 0.315 e. The number of nitrogens with zero attached hydrogens (tertiary/aromatic N) is 1. The number of carbonyl (C=O) groups is 1. The molecule has 6 nitrogen and oxygen atoms in total. The number of hydrogen-bond donors (Lipinski definition) is 3. The lowest BCUT2D eigenvalue weighted by molar-refractivity contribution is 0.163. The summed E-state index contributed by atoms with van der Waals surface area (Å²) < 4.78 is 1.62. The van der Waals surface area contributed by atoms with Gasteiger partial charge in [0.25, 0.3) is 0 Å². The largest absolute Gasteiger partial charge is 0.394 e. The zero-order valence-electron chi connectivity index (χ0n) is 12.2. The van der Waals surface area contributed by atoms with E-state index in [1.165, 1.54) is 6.07 Å². The summed E-state index contributed by atoms with van der Waals surface area (Å²) in [6.07, 6.45) is 6.16. The van der Waals surface area contributed by atoms with Gasteiger partial charge in [-0.3, -0.25) is 4.79 Å². The Balaban J connectivity index is 1.70. The zero-order valence-corrected chi connectivity index (χ0v) is 12.2. The number of aliphatic hydroxyl groups excluding tert-OH is 1. The molecule has 0 saturated heterocycles. The molecule has 0 atom stereocenters. The third kappa shape index (κ3) is 4.32. The van der Waals surface area contributed by atoms with E-state index in [2.05, 4.69) is 10.6 Å². The monoisotopic (exact) mass is 293 g/mol. The second kappa shape index (κ2) is 7.26. The van der Waals surface area contributed by atoms with Gasteiger partial charge < -0.3 is 20.3 Å². The van der Waals surface area contributed by atoms with E-state index in [0.717, 1.165) is 25.7 Å². The molecule has 1 aliphatic carbocycles. The number of urea groups is 1. The molecule has 1 fully saturated rings. The van der Waals surface area contributed by atoms with Crippen molar-refractivity contribution in [3.8, 4) is 0 Å². The fourth-order valence-corrected chi connectivity index (χ4v) is 2.76. The van der Waals surface area contributed by atoms with Crippen molar-refractivity contribution in [3.63, 3.8) is 0 Å². The average molecular weight is 293 g/mol. The van der Waals surface area contributed by atoms with Crippen LogP contribution >= 0.6 is 0 Å². The Morgan fingerprint density at radius 3 is 2.76 bits per heavy atom. The maximum absolute atomic E-state index is 11.8. The summed E-state index contributed by atoms with van der Waals surface area (Å²) in [5.74, 6) is 0. The molecule has 1 aromatic rings. The average Bonchev–Trinajstić information content (AvgIpc) is 2.94. The molecule has 21 heavy (non-hydrogen) atoms. The van der Waals surface area contributed by atoms with Crippen molar-refractivity contribution in [1.82, 2.24) is 15.2 Å². The highest BCUT2D eigenvalue weighted by molar-refractivity contribution is 5.74. The second-order valence-electron chi connectivity index (χ2n) is 5.61. The van der Waals surface area contributed by atoms with Crippen LogP contribution in [0.4, 0.5) is 4.79 Å². The maximum atomic E-state index is 11.8. The van der Waals surface area contributed by atoms with Crippen LogP contribution in [0.5, 0.6) is 0 Å². The topological polar surface area (TPSA) is 83.4 Å². The Kier molecular flexibility index (Phi) is 5.38. The van der Waals surface area contributed by atoms with Gasteiger partial charge in [0.2, 0.25) is 5.56 Å². The molecule has 0 aliphatic heterocycles. The molecule has 2 rings (SSSR count). The van der Waals surface area contributed by atoms with Crippen LogP contribution in [0.1, 0.15) is 32.1 Å². The molecule has 0 bridgehead atoms. The van der Waals surface area contributed by atoms with Gasteiger partial charge in [-0.1, -0.05) is 18.9 Å². The number of aromatic nitrogens is 1. The minimum atomic E-state index is -0.444. The van der Waals surface area contributed by atoms with Gasteiger partial charge in [-0.05, 0) is 25.3 Å². The van der Waals surface area contributed by atoms with Gasteiger partial charge >= 0.3 is 6.03 Å². The summed E-state index contributed by atoms with van der Waals surface area (Å²) in [6, 6.07) is 4.80. The normalized spacial score (nSPS) is 16.6. The number of aryl methyl sites for hydroxylation is 1. The molecule has 0 radical (unpaired) electrons. The van der Waals surface area contributed by atoms with Crippen molar-refractivity contribution in [2.24, 2.45) is 0 Å². The lowest BCUT2D eigenvalue weighted by Crippen LogP contribution is -2.53. The summed E-state index contributed by atoms with van der Waals surface area (Å²) in [5, 5.41) is 15.1. The Bertz CT molecular complexity index is 521. The summed E-state index contributed by atoms with van der Waals surface area (Å²) in [6.45, 7) is 1.06. The van der Waals surface area contributed by atoms with E-state index in [0.29, 0.717) is 19.5 Å². The van der Waals surface area contributed by atoms with Crippen LogP contribution in [0, 0.1) is 0 Å². The first-order valence-corrected chi connectivity index (χ1v) is 7.48. The van der Waals surface area contributed by atoms with Crippen molar-refractivity contribution in [3.05, 3.63) is 34.7 Å². The zero-order chi connectivity index (χ0) is 15.1. The number of carbonyl (C=O) groups excluding carboxylic acids is 1. The lowest BCUT2D eigenvalue weighted by atomic mass is 9.99. The van der Waals surface area contributed by atoms with Gasteiger partial charge in [-0.25, -0.2) is 4.79 Å². The number of aliphatic hydroxyl groups is 1. The van der Waals surface area contributed by atoms with Crippen molar-refractivity contribution in [2.75, 3.05) is 13.2 Å². The molecule has 0 aromatic carbocycles. The molecule has 3 N–H and O–H groups in total. The Labute approximate surface area is 124 Å². The van der Waals surface area contributed by atoms with Gasteiger partial charge in [-0.15, -0.1) is 0 Å². The molecule has 0 spiro atoms. The van der Waals surface area contributed by atoms with Crippen LogP contribution in [-0.2, 0) is 6.54 Å². The van der Waals surface area contributed by atoms with E-state index < -0.39 is 5.54 Å². The first-order valence-electron chi connectivity index (χ1n) is 7.48. The first-order chi connectivity index (χ1) is 10.2. The Hall–Kier alpha value is -1.82. The Morgan fingerprint density at radius 1 is 1.33 bits per heavy atom. The summed E-state index contributed by atoms with van der Waals surface area (Å²) in [5.41, 5.74) is -0.479. The highest BCUT2D eigenvalue weighted by atomic mass is 16.3. The van der Waals surface area contributed by atoms with Crippen molar-refractivity contribution >= 4 is 6.03 Å². The van der Waals surface area contributed by atoms with Crippen LogP contribution in [-0.4, -0.2) is 34.4 Å². The van der Waals surface area contributed by atoms with Crippen LogP contribution in [0.15, 0.2) is 29.2 Å². The van der Waals surface area contributed by atoms with Crippen molar-refractivity contribution in [1.29, 1.82) is 0 Å². The fourth-order valence-electron chi connectivity index (χ4n) is 2.76. The highest BCUT2D eigenvalue weighted by Crippen LogP contribution is 2.28. The minimum Gasteiger partial charge on any atom is -0.394 e. The van der Waals surface area contributed by atoms with Crippen LogP contribution < -0.4 is 16.2 Å². The molecule has 6 heteroatoms. The summed E-state index contributed by atoms with van der Waals surface area (Å²) in [4.78, 5) is 23.3. The van der Waals surface area contributed by atoms with Crippen LogP contribution in [0.25, 0.3) is 0 Å². The van der Waals surface area contributed by atoms with Crippen LogP contribution in [0.2, 0.25) is 0 Å². The molecule has 2 amide bonds. The lowest BCUT2D eigenvalue weighted by Gasteiger charge is -2.27. The van der Waals surface area contributed by atoms with E-state index in [1.807, 2.05) is 6.07 Å². The third-order valence-electron chi connectivity index (χ3n) is 4.00. The van der Waals surface area contributed by atoms with Crippen LogP contribution in [0.3, 0.4) is 0 Å². The van der Waals surface area contributed by atoms with E-state index in [1.54, 1.807) is 16.8 Å². The maximum Gasteiger partial charge on any atom is 0.315 e. The predicted molar refractivity (Wildman–Crippen MR) is 80.1 cm³/mol. The summed E-state index contributed by atoms with van der Waals surface area (Å²) in [7, 11) is 0. The molecule has 1 aromatic heterocycles. The molecule has 1 saturated carbocycles. The number of rotatable bonds is 6. The van der Waals surface area contributed by atoms with Gasteiger partial charge in [0.1, 0.15) is 0 Å². The first kappa shape index (κ1) is 15.6. The molecule has 116 valence electrons. The summed E-state index contributed by atoms with van der Waals surface area (Å²) >= 11 is 0. The predicted octanol–water partition coefficient (Wildman–Crippen LogP) is 0.843. The fraction of sp³-hybridized carbons (Fsp3) is 0.600. The van der Waals surface area contributed by atoms with Gasteiger partial charge in [0.15, 0.2) is 0 Å². The molecule has 0 unspecified atom stereocenters. The number of nitrogens with one attached hydrogen (secondary N) is 2. The number of pyridine rings is 1. The molecule has 1 heterocycles. The Morgan fingerprint density at radius 2 is 2.10 bits per heavy atom. The minimum absolute atomic E-state index is 0.0141. The van der Waals surface area contributed by atoms with E-state index in [9.17, 15) is 14.7 Å². The van der Waals surface area contributed by atoms with E-state index in [4.69, 9.17) is 0 Å². The third-order valence-corrected chi connectivity index (χ3v) is 4.00. The second-order valence-corrected chi connectivity index (χ2v) is 5.61. The van der Waals surface area contributed by atoms with Crippen molar-refractivity contribution in [2.45, 2.75) is 44.2 Å². The molecule has 1 aliphatic rings. The van der Waals surface area contributed by atoms with Crippen molar-refractivity contribution < 1.29 is 9.90 Å². The SMILES string of the molecule is O=C(NCCCn1ccccc1=O)NC1(CO)CCCC1. The molecular formula is C15H23N3O3. The quantitative estimate of drug-likeness (QED) is 0.680. The number of amides is 2. The molecular weight excluding hydrogens is 270 g/mol. The van der Waals surface area contributed by atoms with Gasteiger partial charge in [0.05, 0.1) is 12.1 Å². The van der Waals surface area contributed by atoms with Gasteiger partial charge in [0, 0.05) is 25.4 Å². The van der Waals surface area contributed by atoms with E-state index in [-0.39, 0.29) is 18.2 Å². The number of hydrogen-bond acceptors (Lipinski definition) is 3. The van der Waals surface area contributed by atoms with Gasteiger partial charge in [-0.2, -0.15) is 0 Å². The highest BCUT2D eigenvalue weighted by Gasteiger charge is 2.34.